The van der Waals surface area contributed by atoms with Gasteiger partial charge >= 0.3 is 0 Å². The summed E-state index contributed by atoms with van der Waals surface area (Å²) >= 11 is 0. The van der Waals surface area contributed by atoms with Crippen molar-refractivity contribution in [2.45, 2.75) is 12.8 Å². The van der Waals surface area contributed by atoms with Crippen LogP contribution >= 0.6 is 0 Å². The lowest BCUT2D eigenvalue weighted by Gasteiger charge is -1.81. The highest BCUT2D eigenvalue weighted by Crippen LogP contribution is 1.89. The highest BCUT2D eigenvalue weighted by Gasteiger charge is 1.70. The Morgan fingerprint density at radius 1 is 0.875 bits per heavy atom. The minimum atomic E-state index is 1.21. The van der Waals surface area contributed by atoms with Gasteiger partial charge in [-0.1, -0.05) is 12.2 Å². The van der Waals surface area contributed by atoms with Crippen LogP contribution in [-0.2, 0) is 0 Å². The topological polar surface area (TPSA) is 0 Å². The molecule has 0 amide bonds. The molecule has 0 rings (SSSR count). The van der Waals surface area contributed by atoms with Crippen LogP contribution in [0, 0.1) is 0 Å². The van der Waals surface area contributed by atoms with Crippen molar-refractivity contribution in [3.05, 3.63) is 23.6 Å². The smallest absolute Gasteiger partial charge is 0.0287 e. The third-order valence-corrected chi connectivity index (χ3v) is 1.91. The van der Waals surface area contributed by atoms with E-state index in [0.29, 0.717) is 0 Å². The first-order chi connectivity index (χ1) is 3.91. The third kappa shape index (κ3) is 5.91. The van der Waals surface area contributed by atoms with Gasteiger partial charge in [0.1, 0.15) is 0 Å². The first kappa shape index (κ1) is 7.91. The molecule has 0 saturated heterocycles. The molecule has 0 radical (unpaired) electrons. The number of hydrogen-bond acceptors (Lipinski definition) is 0. The lowest BCUT2D eigenvalue weighted by molar-refractivity contribution is 1.06. The SMILES string of the molecule is [SiH3]C=CCCC=C[SiH3]. The fourth-order valence-electron chi connectivity index (χ4n) is 0.526. The van der Waals surface area contributed by atoms with E-state index in [4.69, 9.17) is 0 Å². The molecule has 0 N–H and O–H groups in total. The van der Waals surface area contributed by atoms with Gasteiger partial charge in [-0.2, -0.15) is 0 Å². The summed E-state index contributed by atoms with van der Waals surface area (Å²) in [5, 5.41) is 0. The second-order valence-corrected chi connectivity index (χ2v) is 3.05. The zero-order valence-corrected chi connectivity index (χ0v) is 9.72. The van der Waals surface area contributed by atoms with Gasteiger partial charge in [0.2, 0.25) is 0 Å². The van der Waals surface area contributed by atoms with Crippen molar-refractivity contribution in [1.82, 2.24) is 0 Å². The molecule has 0 aromatic carbocycles. The van der Waals surface area contributed by atoms with Crippen molar-refractivity contribution >= 4 is 20.5 Å². The average Bonchev–Trinajstić information content (AvgIpc) is 1.81. The number of unbranched alkanes of at least 4 members (excludes halogenated alkanes) is 1. The van der Waals surface area contributed by atoms with E-state index in [1.54, 1.807) is 0 Å². The van der Waals surface area contributed by atoms with Crippen LogP contribution in [0.25, 0.3) is 0 Å². The Balaban J connectivity index is 2.93. The number of allylic oxidation sites excluding steroid dienone is 2. The standard InChI is InChI=1S/C6H14Si2/c7-5-3-1-2-4-6-8/h3-6H,1-2H2,7-8H3. The Hall–Kier alpha value is -0.0862. The molecule has 0 aromatic rings. The minimum absolute atomic E-state index is 1.21. The molecule has 0 aliphatic heterocycles. The van der Waals surface area contributed by atoms with Crippen LogP contribution in [0.2, 0.25) is 0 Å². The molecule has 0 heterocycles. The Bertz CT molecular complexity index is 72.5. The fourth-order valence-corrected chi connectivity index (χ4v) is 1.19. The molecule has 0 nitrogen and oxygen atoms in total. The first-order valence-electron chi connectivity index (χ1n) is 3.14. The van der Waals surface area contributed by atoms with Gasteiger partial charge in [-0.15, -0.1) is 11.4 Å². The van der Waals surface area contributed by atoms with Crippen LogP contribution in [0.15, 0.2) is 23.6 Å². The summed E-state index contributed by atoms with van der Waals surface area (Å²) in [6.45, 7) is 0. The highest BCUT2D eigenvalue weighted by molar-refractivity contribution is 6.17. The Morgan fingerprint density at radius 2 is 1.25 bits per heavy atom. The molecule has 0 aliphatic carbocycles. The molecule has 0 aromatic heterocycles. The molecular weight excluding hydrogens is 128 g/mol. The normalized spacial score (nSPS) is 12.5. The van der Waals surface area contributed by atoms with Gasteiger partial charge in [0, 0.05) is 20.5 Å². The Morgan fingerprint density at radius 3 is 1.50 bits per heavy atom. The molecule has 0 fully saturated rings. The maximum absolute atomic E-state index is 2.26. The van der Waals surface area contributed by atoms with Gasteiger partial charge in [-0.3, -0.25) is 0 Å². The van der Waals surface area contributed by atoms with Crippen molar-refractivity contribution < 1.29 is 0 Å². The van der Waals surface area contributed by atoms with E-state index in [-0.39, 0.29) is 0 Å². The van der Waals surface area contributed by atoms with E-state index >= 15 is 0 Å². The summed E-state index contributed by atoms with van der Waals surface area (Å²) in [6, 6.07) is 0. The van der Waals surface area contributed by atoms with Crippen LogP contribution in [0.1, 0.15) is 12.8 Å². The van der Waals surface area contributed by atoms with Crippen LogP contribution in [0.3, 0.4) is 0 Å². The quantitative estimate of drug-likeness (QED) is 0.369. The van der Waals surface area contributed by atoms with E-state index in [2.05, 4.69) is 23.6 Å². The highest BCUT2D eigenvalue weighted by atomic mass is 28.1. The lowest BCUT2D eigenvalue weighted by Crippen LogP contribution is -1.63. The van der Waals surface area contributed by atoms with Crippen LogP contribution < -0.4 is 0 Å². The van der Waals surface area contributed by atoms with Crippen molar-refractivity contribution in [2.75, 3.05) is 0 Å². The van der Waals surface area contributed by atoms with Gasteiger partial charge in [0.15, 0.2) is 0 Å². The molecular formula is C6H14Si2. The van der Waals surface area contributed by atoms with Crippen LogP contribution in [0.4, 0.5) is 0 Å². The summed E-state index contributed by atoms with van der Waals surface area (Å²) in [5.41, 5.74) is 4.47. The van der Waals surface area contributed by atoms with Crippen molar-refractivity contribution in [1.29, 1.82) is 0 Å². The van der Waals surface area contributed by atoms with Crippen molar-refractivity contribution in [3.8, 4) is 0 Å². The second kappa shape index (κ2) is 6.91. The van der Waals surface area contributed by atoms with Gasteiger partial charge in [0.25, 0.3) is 0 Å². The van der Waals surface area contributed by atoms with E-state index in [9.17, 15) is 0 Å². The van der Waals surface area contributed by atoms with Crippen molar-refractivity contribution in [2.24, 2.45) is 0 Å². The summed E-state index contributed by atoms with van der Waals surface area (Å²) in [7, 11) is 2.42. The predicted molar refractivity (Wildman–Crippen MR) is 47.4 cm³/mol. The summed E-state index contributed by atoms with van der Waals surface area (Å²) in [4.78, 5) is 0. The van der Waals surface area contributed by atoms with Gasteiger partial charge in [0.05, 0.1) is 0 Å². The second-order valence-electron chi connectivity index (χ2n) is 1.72. The molecule has 2 heteroatoms. The Labute approximate surface area is 57.5 Å². The molecule has 0 unspecified atom stereocenters. The molecule has 0 bridgehead atoms. The zero-order valence-electron chi connectivity index (χ0n) is 5.72. The molecule has 46 valence electrons. The van der Waals surface area contributed by atoms with E-state index in [1.165, 1.54) is 33.3 Å². The van der Waals surface area contributed by atoms with Gasteiger partial charge in [-0.05, 0) is 12.8 Å². The summed E-state index contributed by atoms with van der Waals surface area (Å²) in [5.74, 6) is 0. The van der Waals surface area contributed by atoms with Crippen LogP contribution in [-0.4, -0.2) is 20.5 Å². The minimum Gasteiger partial charge on any atom is -0.109 e. The summed E-state index contributed by atoms with van der Waals surface area (Å²) in [6.07, 6.45) is 6.99. The number of rotatable bonds is 3. The maximum atomic E-state index is 2.26. The molecule has 0 saturated carbocycles. The molecule has 0 spiro atoms. The van der Waals surface area contributed by atoms with E-state index < -0.39 is 0 Å². The number of hydrogen-bond donors (Lipinski definition) is 0. The van der Waals surface area contributed by atoms with Gasteiger partial charge < -0.3 is 0 Å². The van der Waals surface area contributed by atoms with E-state index in [0.717, 1.165) is 0 Å². The monoisotopic (exact) mass is 142 g/mol. The van der Waals surface area contributed by atoms with E-state index in [1.807, 2.05) is 0 Å². The average molecular weight is 142 g/mol. The largest absolute Gasteiger partial charge is 0.109 e. The molecule has 0 atom stereocenters. The predicted octanol–water partition coefficient (Wildman–Crippen LogP) is -0.475. The van der Waals surface area contributed by atoms with Gasteiger partial charge in [-0.25, -0.2) is 0 Å². The van der Waals surface area contributed by atoms with Crippen molar-refractivity contribution in [3.63, 3.8) is 0 Å². The Kier molecular flexibility index (Phi) is 6.84. The first-order valence-corrected chi connectivity index (χ1v) is 5.45. The molecule has 0 aliphatic rings. The fraction of sp³-hybridized carbons (Fsp3) is 0.333. The zero-order chi connectivity index (χ0) is 6.24. The molecule has 8 heavy (non-hydrogen) atoms. The summed E-state index contributed by atoms with van der Waals surface area (Å²) < 4.78 is 0. The third-order valence-electron chi connectivity index (χ3n) is 0.971. The van der Waals surface area contributed by atoms with Crippen LogP contribution in [0.5, 0.6) is 0 Å². The maximum Gasteiger partial charge on any atom is 0.0287 e. The lowest BCUT2D eigenvalue weighted by atomic mass is 10.3.